The van der Waals surface area contributed by atoms with Gasteiger partial charge in [0.1, 0.15) is 0 Å². The van der Waals surface area contributed by atoms with E-state index in [1.807, 2.05) is 4.68 Å². The predicted octanol–water partition coefficient (Wildman–Crippen LogP) is 4.42. The van der Waals surface area contributed by atoms with E-state index in [2.05, 4.69) is 38.1 Å². The van der Waals surface area contributed by atoms with Crippen LogP contribution < -0.4 is 5.32 Å². The van der Waals surface area contributed by atoms with E-state index in [4.69, 9.17) is 11.6 Å². The smallest absolute Gasteiger partial charge is 0.0834 e. The van der Waals surface area contributed by atoms with E-state index in [-0.39, 0.29) is 0 Å². The van der Waals surface area contributed by atoms with Gasteiger partial charge in [0.2, 0.25) is 0 Å². The van der Waals surface area contributed by atoms with Crippen molar-refractivity contribution in [3.05, 3.63) is 16.9 Å². The van der Waals surface area contributed by atoms with Crippen LogP contribution in [0.5, 0.6) is 0 Å². The quantitative estimate of drug-likeness (QED) is 0.728. The summed E-state index contributed by atoms with van der Waals surface area (Å²) in [5, 5.41) is 8.81. The SMILES string of the molecule is CCCC(CCC)C(NCC)c1c(Cl)cnn1CC. The third kappa shape index (κ3) is 4.22. The molecule has 0 aliphatic heterocycles. The lowest BCUT2D eigenvalue weighted by molar-refractivity contribution is 0.305. The first-order valence-corrected chi connectivity index (χ1v) is 8.01. The molecular weight excluding hydrogens is 258 g/mol. The van der Waals surface area contributed by atoms with Gasteiger partial charge in [0.25, 0.3) is 0 Å². The van der Waals surface area contributed by atoms with E-state index in [9.17, 15) is 0 Å². The maximum Gasteiger partial charge on any atom is 0.0834 e. The number of rotatable bonds is 9. The Hall–Kier alpha value is -0.540. The monoisotopic (exact) mass is 285 g/mol. The van der Waals surface area contributed by atoms with Gasteiger partial charge in [-0.2, -0.15) is 5.10 Å². The molecule has 3 nitrogen and oxygen atoms in total. The van der Waals surface area contributed by atoms with Crippen LogP contribution >= 0.6 is 11.6 Å². The molecule has 0 saturated carbocycles. The van der Waals surface area contributed by atoms with Crippen LogP contribution in [0.4, 0.5) is 0 Å². The largest absolute Gasteiger partial charge is 0.309 e. The standard InChI is InChI=1S/C15H28ClN3/c1-5-9-12(10-6-2)14(17-7-3)15-13(16)11-18-19(15)8-4/h11-12,14,17H,5-10H2,1-4H3. The Bertz CT molecular complexity index is 356. The maximum absolute atomic E-state index is 6.38. The fraction of sp³-hybridized carbons (Fsp3) is 0.800. The van der Waals surface area contributed by atoms with E-state index in [1.54, 1.807) is 6.20 Å². The van der Waals surface area contributed by atoms with E-state index >= 15 is 0 Å². The van der Waals surface area contributed by atoms with Gasteiger partial charge in [0.05, 0.1) is 23.0 Å². The summed E-state index contributed by atoms with van der Waals surface area (Å²) in [7, 11) is 0. The van der Waals surface area contributed by atoms with Crippen LogP contribution in [0.2, 0.25) is 5.02 Å². The molecule has 1 aromatic heterocycles. The summed E-state index contributed by atoms with van der Waals surface area (Å²) in [6, 6.07) is 0.319. The molecule has 0 bridgehead atoms. The van der Waals surface area contributed by atoms with Crippen molar-refractivity contribution in [2.75, 3.05) is 6.54 Å². The number of halogens is 1. The van der Waals surface area contributed by atoms with Crippen LogP contribution in [0.3, 0.4) is 0 Å². The first-order chi connectivity index (χ1) is 9.19. The lowest BCUT2D eigenvalue weighted by Crippen LogP contribution is -2.30. The van der Waals surface area contributed by atoms with Crippen LogP contribution in [0.15, 0.2) is 6.20 Å². The average Bonchev–Trinajstić information content (AvgIpc) is 2.77. The topological polar surface area (TPSA) is 29.9 Å². The summed E-state index contributed by atoms with van der Waals surface area (Å²) in [5.41, 5.74) is 1.16. The molecule has 110 valence electrons. The van der Waals surface area contributed by atoms with E-state index in [1.165, 1.54) is 25.7 Å². The van der Waals surface area contributed by atoms with Crippen LogP contribution in [0.1, 0.15) is 65.1 Å². The van der Waals surface area contributed by atoms with Gasteiger partial charge in [0, 0.05) is 6.54 Å². The lowest BCUT2D eigenvalue weighted by atomic mass is 9.88. The molecule has 1 unspecified atom stereocenters. The molecule has 0 amide bonds. The number of aromatic nitrogens is 2. The van der Waals surface area contributed by atoms with Crippen molar-refractivity contribution in [1.82, 2.24) is 15.1 Å². The molecule has 0 aromatic carbocycles. The van der Waals surface area contributed by atoms with Crippen molar-refractivity contribution in [3.8, 4) is 0 Å². The van der Waals surface area contributed by atoms with Crippen molar-refractivity contribution in [3.63, 3.8) is 0 Å². The van der Waals surface area contributed by atoms with Gasteiger partial charge in [-0.3, -0.25) is 4.68 Å². The molecule has 4 heteroatoms. The maximum atomic E-state index is 6.38. The van der Waals surface area contributed by atoms with Crippen LogP contribution in [-0.4, -0.2) is 16.3 Å². The van der Waals surface area contributed by atoms with Crippen molar-refractivity contribution in [2.45, 2.75) is 66.0 Å². The molecule has 0 saturated heterocycles. The summed E-state index contributed by atoms with van der Waals surface area (Å²) in [5.74, 6) is 0.634. The van der Waals surface area contributed by atoms with Gasteiger partial charge in [-0.05, 0) is 32.2 Å². The Morgan fingerprint density at radius 2 is 1.84 bits per heavy atom. The van der Waals surface area contributed by atoms with Gasteiger partial charge in [0.15, 0.2) is 0 Å². The number of hydrogen-bond acceptors (Lipinski definition) is 2. The molecular formula is C15H28ClN3. The first kappa shape index (κ1) is 16.5. The summed E-state index contributed by atoms with van der Waals surface area (Å²) in [4.78, 5) is 0. The summed E-state index contributed by atoms with van der Waals surface area (Å²) in [6.07, 6.45) is 6.67. The van der Waals surface area contributed by atoms with E-state index in [0.717, 1.165) is 23.8 Å². The second kappa shape index (κ2) is 8.60. The molecule has 0 radical (unpaired) electrons. The van der Waals surface area contributed by atoms with Crippen LogP contribution in [0.25, 0.3) is 0 Å². The molecule has 1 aromatic rings. The Labute approximate surface area is 122 Å². The second-order valence-electron chi connectivity index (χ2n) is 5.07. The molecule has 0 spiro atoms. The highest BCUT2D eigenvalue weighted by molar-refractivity contribution is 6.31. The number of hydrogen-bond donors (Lipinski definition) is 1. The zero-order valence-corrected chi connectivity index (χ0v) is 13.5. The highest BCUT2D eigenvalue weighted by Crippen LogP contribution is 2.33. The Balaban J connectivity index is 3.05. The van der Waals surface area contributed by atoms with Gasteiger partial charge in [-0.15, -0.1) is 0 Å². The van der Waals surface area contributed by atoms with Crippen LogP contribution in [-0.2, 0) is 6.54 Å². The Kier molecular flexibility index (Phi) is 7.47. The highest BCUT2D eigenvalue weighted by Gasteiger charge is 2.26. The molecule has 0 aliphatic rings. The molecule has 1 rings (SSSR count). The van der Waals surface area contributed by atoms with Crippen molar-refractivity contribution in [2.24, 2.45) is 5.92 Å². The fourth-order valence-electron chi connectivity index (χ4n) is 2.86. The summed E-state index contributed by atoms with van der Waals surface area (Å²) < 4.78 is 2.04. The third-order valence-corrected chi connectivity index (χ3v) is 3.93. The molecule has 1 heterocycles. The van der Waals surface area contributed by atoms with Crippen molar-refractivity contribution in [1.29, 1.82) is 0 Å². The Morgan fingerprint density at radius 1 is 1.21 bits per heavy atom. The predicted molar refractivity (Wildman–Crippen MR) is 82.6 cm³/mol. The van der Waals surface area contributed by atoms with Crippen molar-refractivity contribution >= 4 is 11.6 Å². The van der Waals surface area contributed by atoms with Gasteiger partial charge >= 0.3 is 0 Å². The van der Waals surface area contributed by atoms with E-state index < -0.39 is 0 Å². The fourth-order valence-corrected chi connectivity index (χ4v) is 3.12. The number of aryl methyl sites for hydroxylation is 1. The molecule has 0 fully saturated rings. The molecule has 1 N–H and O–H groups in total. The second-order valence-corrected chi connectivity index (χ2v) is 5.47. The van der Waals surface area contributed by atoms with Gasteiger partial charge in [-0.1, -0.05) is 45.2 Å². The number of nitrogens with one attached hydrogen (secondary N) is 1. The normalized spacial score (nSPS) is 13.2. The average molecular weight is 286 g/mol. The van der Waals surface area contributed by atoms with E-state index in [0.29, 0.717) is 12.0 Å². The van der Waals surface area contributed by atoms with Gasteiger partial charge in [-0.25, -0.2) is 0 Å². The summed E-state index contributed by atoms with van der Waals surface area (Å²) in [6.45, 7) is 10.6. The highest BCUT2D eigenvalue weighted by atomic mass is 35.5. The molecule has 1 atom stereocenters. The molecule has 19 heavy (non-hydrogen) atoms. The lowest BCUT2D eigenvalue weighted by Gasteiger charge is -2.28. The number of nitrogens with zero attached hydrogens (tertiary/aromatic N) is 2. The zero-order chi connectivity index (χ0) is 14.3. The summed E-state index contributed by atoms with van der Waals surface area (Å²) >= 11 is 6.38. The minimum Gasteiger partial charge on any atom is -0.309 e. The Morgan fingerprint density at radius 3 is 2.32 bits per heavy atom. The first-order valence-electron chi connectivity index (χ1n) is 7.63. The third-order valence-electron chi connectivity index (χ3n) is 3.64. The van der Waals surface area contributed by atoms with Gasteiger partial charge < -0.3 is 5.32 Å². The minimum atomic E-state index is 0.319. The zero-order valence-electron chi connectivity index (χ0n) is 12.7. The van der Waals surface area contributed by atoms with Crippen LogP contribution in [0, 0.1) is 5.92 Å². The molecule has 0 aliphatic carbocycles. The van der Waals surface area contributed by atoms with Crippen molar-refractivity contribution < 1.29 is 0 Å². The minimum absolute atomic E-state index is 0.319.